The quantitative estimate of drug-likeness (QED) is 0.327. The van der Waals surface area contributed by atoms with Gasteiger partial charge in [-0.05, 0) is 74.2 Å². The Labute approximate surface area is 216 Å². The molecular weight excluding hydrogens is 489 g/mol. The van der Waals surface area contributed by atoms with Crippen LogP contribution in [0.2, 0.25) is 0 Å². The highest BCUT2D eigenvalue weighted by Crippen LogP contribution is 2.36. The molecule has 37 heavy (non-hydrogen) atoms. The molecule has 2 aromatic heterocycles. The molecule has 1 fully saturated rings. The minimum atomic E-state index is -3.64. The lowest BCUT2D eigenvalue weighted by Gasteiger charge is -2.23. The van der Waals surface area contributed by atoms with Crippen LogP contribution in [-0.4, -0.2) is 42.0 Å². The van der Waals surface area contributed by atoms with E-state index in [1.165, 1.54) is 11.6 Å². The van der Waals surface area contributed by atoms with E-state index in [-0.39, 0.29) is 17.0 Å². The van der Waals surface area contributed by atoms with Gasteiger partial charge in [-0.1, -0.05) is 31.2 Å². The Kier molecular flexibility index (Phi) is 7.34. The number of hydrogen-bond donors (Lipinski definition) is 2. The van der Waals surface area contributed by atoms with Gasteiger partial charge in [0.05, 0.1) is 17.1 Å². The largest absolute Gasteiger partial charge is 0.317 e. The summed E-state index contributed by atoms with van der Waals surface area (Å²) >= 11 is 0. The third-order valence-corrected chi connectivity index (χ3v) is 8.14. The zero-order valence-corrected chi connectivity index (χ0v) is 21.5. The van der Waals surface area contributed by atoms with Crippen LogP contribution in [0.5, 0.6) is 0 Å². The molecule has 3 heterocycles. The van der Waals surface area contributed by atoms with E-state index in [0.29, 0.717) is 23.6 Å². The molecule has 4 aromatic rings. The van der Waals surface area contributed by atoms with Gasteiger partial charge in [0.1, 0.15) is 5.69 Å². The average Bonchev–Trinajstić information content (AvgIpc) is 3.36. The number of halogens is 1. The van der Waals surface area contributed by atoms with Crippen molar-refractivity contribution < 1.29 is 12.8 Å². The molecule has 7 nitrogen and oxygen atoms in total. The topological polar surface area (TPSA) is 88.9 Å². The van der Waals surface area contributed by atoms with Crippen LogP contribution in [0.15, 0.2) is 73.2 Å². The molecule has 9 heteroatoms. The van der Waals surface area contributed by atoms with Gasteiger partial charge in [0.25, 0.3) is 0 Å². The third kappa shape index (κ3) is 5.57. The van der Waals surface area contributed by atoms with E-state index in [0.717, 1.165) is 37.2 Å². The van der Waals surface area contributed by atoms with Gasteiger partial charge in [0.15, 0.2) is 5.82 Å². The molecule has 0 saturated carbocycles. The summed E-state index contributed by atoms with van der Waals surface area (Å²) in [4.78, 5) is 4.09. The van der Waals surface area contributed by atoms with Crippen molar-refractivity contribution in [3.05, 3.63) is 84.6 Å². The zero-order valence-electron chi connectivity index (χ0n) is 20.7. The fraction of sp³-hybridized carbons (Fsp3) is 0.286. The number of sulfonamides is 1. The fourth-order valence-electron chi connectivity index (χ4n) is 4.79. The van der Waals surface area contributed by atoms with Crippen LogP contribution < -0.4 is 10.0 Å². The smallest absolute Gasteiger partial charge is 0.232 e. The summed E-state index contributed by atoms with van der Waals surface area (Å²) in [5.41, 5.74) is 4.28. The van der Waals surface area contributed by atoms with E-state index in [1.54, 1.807) is 42.3 Å². The van der Waals surface area contributed by atoms with Crippen molar-refractivity contribution in [3.8, 4) is 28.1 Å². The summed E-state index contributed by atoms with van der Waals surface area (Å²) < 4.78 is 44.5. The van der Waals surface area contributed by atoms with Gasteiger partial charge in [0.2, 0.25) is 10.0 Å². The summed E-state index contributed by atoms with van der Waals surface area (Å²) in [7, 11) is -3.64. The number of pyridine rings is 1. The van der Waals surface area contributed by atoms with Gasteiger partial charge < -0.3 is 5.32 Å². The number of aromatic nitrogens is 3. The first-order valence-electron chi connectivity index (χ1n) is 12.6. The number of anilines is 1. The Hall–Kier alpha value is -3.56. The minimum Gasteiger partial charge on any atom is -0.317 e. The third-order valence-electron chi connectivity index (χ3n) is 6.66. The van der Waals surface area contributed by atoms with E-state index < -0.39 is 15.8 Å². The Bertz CT molecular complexity index is 1460. The first-order valence-corrected chi connectivity index (χ1v) is 14.2. The predicted molar refractivity (Wildman–Crippen MR) is 145 cm³/mol. The Morgan fingerprint density at radius 2 is 1.76 bits per heavy atom. The molecule has 0 bridgehead atoms. The molecule has 1 aliphatic heterocycles. The van der Waals surface area contributed by atoms with E-state index in [9.17, 15) is 8.42 Å². The Morgan fingerprint density at radius 1 is 1.03 bits per heavy atom. The molecule has 5 rings (SSSR count). The lowest BCUT2D eigenvalue weighted by molar-refractivity contribution is 0.460. The van der Waals surface area contributed by atoms with E-state index >= 15 is 4.39 Å². The van der Waals surface area contributed by atoms with Crippen LogP contribution >= 0.6 is 0 Å². The highest BCUT2D eigenvalue weighted by Gasteiger charge is 2.21. The van der Waals surface area contributed by atoms with E-state index in [4.69, 9.17) is 5.10 Å². The summed E-state index contributed by atoms with van der Waals surface area (Å²) in [5, 5.41) is 8.22. The molecule has 0 unspecified atom stereocenters. The summed E-state index contributed by atoms with van der Waals surface area (Å²) in [6, 6.07) is 16.7. The number of piperidine rings is 1. The molecule has 1 saturated heterocycles. The van der Waals surface area contributed by atoms with Gasteiger partial charge in [-0.25, -0.2) is 17.5 Å². The number of nitrogens with zero attached hydrogens (tertiary/aromatic N) is 3. The fourth-order valence-corrected chi connectivity index (χ4v) is 5.92. The second kappa shape index (κ2) is 10.8. The van der Waals surface area contributed by atoms with Crippen molar-refractivity contribution in [1.82, 2.24) is 20.1 Å². The van der Waals surface area contributed by atoms with E-state index in [1.807, 2.05) is 24.3 Å². The molecule has 0 spiro atoms. The SMILES string of the molecule is CCCS(=O)(=O)Nc1cccc(-c2cn(-c3ccc(C4CCNCC4)cc3)nc2-c2ccncc2)c1F. The normalized spacial score (nSPS) is 14.5. The van der Waals surface area contributed by atoms with Gasteiger partial charge >= 0.3 is 0 Å². The standard InChI is InChI=1S/C28H30FN5O2S/c1-2-18-37(35,36)33-26-5-3-4-24(27(26)29)25-19-34(32-28(25)22-12-16-31-17-13-22)23-8-6-20(7-9-23)21-10-14-30-15-11-21/h3-9,12-13,16-17,19,21,30,33H,2,10-11,14-15,18H2,1H3. The molecule has 192 valence electrons. The first kappa shape index (κ1) is 25.1. The average molecular weight is 520 g/mol. The maximum Gasteiger partial charge on any atom is 0.232 e. The highest BCUT2D eigenvalue weighted by molar-refractivity contribution is 7.92. The van der Waals surface area contributed by atoms with Gasteiger partial charge in [-0.15, -0.1) is 0 Å². The lowest BCUT2D eigenvalue weighted by atomic mass is 9.90. The Balaban J connectivity index is 1.55. The van der Waals surface area contributed by atoms with Crippen LogP contribution in [0, 0.1) is 5.82 Å². The molecule has 0 atom stereocenters. The van der Waals surface area contributed by atoms with Crippen LogP contribution in [0.4, 0.5) is 10.1 Å². The molecule has 1 aliphatic rings. The maximum absolute atomic E-state index is 15.7. The van der Waals surface area contributed by atoms with Gasteiger partial charge in [0, 0.05) is 35.3 Å². The van der Waals surface area contributed by atoms with Crippen LogP contribution in [0.1, 0.15) is 37.7 Å². The second-order valence-electron chi connectivity index (χ2n) is 9.28. The van der Waals surface area contributed by atoms with Crippen LogP contribution in [0.3, 0.4) is 0 Å². The number of benzene rings is 2. The van der Waals surface area contributed by atoms with E-state index in [2.05, 4.69) is 27.2 Å². The first-order chi connectivity index (χ1) is 17.9. The van der Waals surface area contributed by atoms with Gasteiger partial charge in [-0.3, -0.25) is 9.71 Å². The molecule has 2 aromatic carbocycles. The number of nitrogens with one attached hydrogen (secondary N) is 2. The van der Waals surface area contributed by atoms with Crippen molar-refractivity contribution >= 4 is 15.7 Å². The number of rotatable bonds is 8. The van der Waals surface area contributed by atoms with Crippen molar-refractivity contribution in [2.75, 3.05) is 23.6 Å². The summed E-state index contributed by atoms with van der Waals surface area (Å²) in [6.45, 7) is 3.83. The molecule has 2 N–H and O–H groups in total. The molecule has 0 radical (unpaired) electrons. The van der Waals surface area contributed by atoms with Crippen LogP contribution in [0.25, 0.3) is 28.1 Å². The lowest BCUT2D eigenvalue weighted by Crippen LogP contribution is -2.26. The number of hydrogen-bond acceptors (Lipinski definition) is 5. The second-order valence-corrected chi connectivity index (χ2v) is 11.1. The molecule has 0 aliphatic carbocycles. The maximum atomic E-state index is 15.7. The minimum absolute atomic E-state index is 0.0781. The summed E-state index contributed by atoms with van der Waals surface area (Å²) in [5.74, 6) is -0.174. The monoisotopic (exact) mass is 519 g/mol. The van der Waals surface area contributed by atoms with Gasteiger partial charge in [-0.2, -0.15) is 5.10 Å². The van der Waals surface area contributed by atoms with Crippen molar-refractivity contribution in [3.63, 3.8) is 0 Å². The van der Waals surface area contributed by atoms with Crippen LogP contribution in [-0.2, 0) is 10.0 Å². The zero-order chi connectivity index (χ0) is 25.8. The molecular formula is C28H30FN5O2S. The van der Waals surface area contributed by atoms with Crippen molar-refractivity contribution in [2.45, 2.75) is 32.1 Å². The van der Waals surface area contributed by atoms with Crippen molar-refractivity contribution in [2.24, 2.45) is 0 Å². The Morgan fingerprint density at radius 3 is 2.46 bits per heavy atom. The predicted octanol–water partition coefficient (Wildman–Crippen LogP) is 5.36. The summed E-state index contributed by atoms with van der Waals surface area (Å²) in [6.07, 6.45) is 7.80. The highest BCUT2D eigenvalue weighted by atomic mass is 32.2. The molecule has 0 amide bonds. The van der Waals surface area contributed by atoms with Crippen molar-refractivity contribution in [1.29, 1.82) is 0 Å².